The van der Waals surface area contributed by atoms with E-state index < -0.39 is 0 Å². The quantitative estimate of drug-likeness (QED) is 0.524. The second kappa shape index (κ2) is 9.56. The number of hydrogen-bond acceptors (Lipinski definition) is 3. The zero-order valence-corrected chi connectivity index (χ0v) is 13.1. The molecule has 0 bridgehead atoms. The molecule has 20 heavy (non-hydrogen) atoms. The molecule has 1 rings (SSSR count). The lowest BCUT2D eigenvalue weighted by atomic mass is 10.1. The van der Waals surface area contributed by atoms with E-state index in [0.717, 1.165) is 31.9 Å². The molecule has 3 nitrogen and oxygen atoms in total. The van der Waals surface area contributed by atoms with Gasteiger partial charge >= 0.3 is 0 Å². The highest BCUT2D eigenvalue weighted by Gasteiger charge is 2.06. The molecule has 0 heterocycles. The van der Waals surface area contributed by atoms with E-state index >= 15 is 0 Å². The van der Waals surface area contributed by atoms with Crippen LogP contribution in [0.25, 0.3) is 0 Å². The number of methoxy groups -OCH3 is 1. The number of ether oxygens (including phenoxy) is 1. The van der Waals surface area contributed by atoms with Crippen molar-refractivity contribution in [3.05, 3.63) is 42.0 Å². The van der Waals surface area contributed by atoms with Gasteiger partial charge in [-0.15, -0.1) is 6.58 Å². The van der Waals surface area contributed by atoms with Gasteiger partial charge in [0.2, 0.25) is 0 Å². The number of hydrogen-bond donors (Lipinski definition) is 1. The molecule has 112 valence electrons. The fraction of sp³-hybridized carbons (Fsp3) is 0.529. The number of unbranched alkanes of at least 4 members (excludes halogenated alkanes) is 1. The Morgan fingerprint density at radius 1 is 1.40 bits per heavy atom. The second-order valence-electron chi connectivity index (χ2n) is 5.16. The Labute approximate surface area is 123 Å². The molecule has 1 N–H and O–H groups in total. The third kappa shape index (κ3) is 5.76. The summed E-state index contributed by atoms with van der Waals surface area (Å²) in [5.41, 5.74) is 2.49. The zero-order valence-electron chi connectivity index (χ0n) is 13.1. The van der Waals surface area contributed by atoms with Crippen molar-refractivity contribution >= 4 is 0 Å². The highest BCUT2D eigenvalue weighted by atomic mass is 16.5. The average molecular weight is 276 g/mol. The SMILES string of the molecule is C=CCNCc1ccc(CN(C)CCCC)cc1OC. The summed E-state index contributed by atoms with van der Waals surface area (Å²) in [5.74, 6) is 0.961. The molecule has 0 aromatic heterocycles. The van der Waals surface area contributed by atoms with Crippen molar-refractivity contribution in [1.29, 1.82) is 0 Å². The van der Waals surface area contributed by atoms with Crippen molar-refractivity contribution in [2.24, 2.45) is 0 Å². The molecule has 0 aliphatic heterocycles. The maximum Gasteiger partial charge on any atom is 0.123 e. The molecule has 0 saturated carbocycles. The molecule has 0 unspecified atom stereocenters. The first kappa shape index (κ1) is 16.7. The summed E-state index contributed by atoms with van der Waals surface area (Å²) in [6.07, 6.45) is 4.35. The zero-order chi connectivity index (χ0) is 14.8. The molecule has 0 saturated heterocycles. The van der Waals surface area contributed by atoms with E-state index in [1.54, 1.807) is 7.11 Å². The van der Waals surface area contributed by atoms with Crippen LogP contribution in [0.3, 0.4) is 0 Å². The number of nitrogens with zero attached hydrogens (tertiary/aromatic N) is 1. The van der Waals surface area contributed by atoms with E-state index in [1.807, 2.05) is 6.08 Å². The fourth-order valence-corrected chi connectivity index (χ4v) is 2.16. The molecule has 3 heteroatoms. The minimum absolute atomic E-state index is 0.807. The van der Waals surface area contributed by atoms with Crippen LogP contribution in [0.4, 0.5) is 0 Å². The Hall–Kier alpha value is -1.32. The molecule has 0 aliphatic carbocycles. The van der Waals surface area contributed by atoms with E-state index in [4.69, 9.17) is 4.74 Å². The molecule has 0 atom stereocenters. The van der Waals surface area contributed by atoms with Crippen LogP contribution in [-0.4, -0.2) is 32.1 Å². The van der Waals surface area contributed by atoms with Gasteiger partial charge in [0.1, 0.15) is 5.75 Å². The van der Waals surface area contributed by atoms with Crippen molar-refractivity contribution < 1.29 is 4.74 Å². The molecule has 0 amide bonds. The van der Waals surface area contributed by atoms with Crippen LogP contribution in [0.5, 0.6) is 5.75 Å². The minimum Gasteiger partial charge on any atom is -0.496 e. The van der Waals surface area contributed by atoms with Crippen molar-refractivity contribution in [3.63, 3.8) is 0 Å². The van der Waals surface area contributed by atoms with Gasteiger partial charge in [-0.25, -0.2) is 0 Å². The van der Waals surface area contributed by atoms with Crippen molar-refractivity contribution in [3.8, 4) is 5.75 Å². The van der Waals surface area contributed by atoms with Gasteiger partial charge in [-0.05, 0) is 31.6 Å². The third-order valence-electron chi connectivity index (χ3n) is 3.30. The summed E-state index contributed by atoms with van der Waals surface area (Å²) in [4.78, 5) is 2.36. The van der Waals surface area contributed by atoms with Crippen LogP contribution >= 0.6 is 0 Å². The fourth-order valence-electron chi connectivity index (χ4n) is 2.16. The monoisotopic (exact) mass is 276 g/mol. The van der Waals surface area contributed by atoms with Crippen LogP contribution < -0.4 is 10.1 Å². The summed E-state index contributed by atoms with van der Waals surface area (Å²) < 4.78 is 5.50. The lowest BCUT2D eigenvalue weighted by molar-refractivity contribution is 0.320. The molecule has 0 radical (unpaired) electrons. The normalized spacial score (nSPS) is 10.8. The molecular formula is C17H28N2O. The standard InChI is InChI=1S/C17H28N2O/c1-5-7-11-19(3)14-15-8-9-16(13-18-10-6-2)17(12-15)20-4/h6,8-9,12,18H,2,5,7,10-11,13-14H2,1,3-4H3. The molecular weight excluding hydrogens is 248 g/mol. The van der Waals surface area contributed by atoms with Gasteiger partial charge in [0.15, 0.2) is 0 Å². The van der Waals surface area contributed by atoms with Crippen LogP contribution in [-0.2, 0) is 13.1 Å². The molecule has 0 spiro atoms. The van der Waals surface area contributed by atoms with Gasteiger partial charge in [-0.2, -0.15) is 0 Å². The van der Waals surface area contributed by atoms with Crippen LogP contribution in [0.15, 0.2) is 30.9 Å². The van der Waals surface area contributed by atoms with E-state index in [0.29, 0.717) is 0 Å². The van der Waals surface area contributed by atoms with E-state index in [-0.39, 0.29) is 0 Å². The average Bonchev–Trinajstić information content (AvgIpc) is 2.46. The largest absolute Gasteiger partial charge is 0.496 e. The Bertz CT molecular complexity index is 404. The van der Waals surface area contributed by atoms with Crippen LogP contribution in [0, 0.1) is 0 Å². The number of rotatable bonds is 10. The highest BCUT2D eigenvalue weighted by Crippen LogP contribution is 2.21. The number of benzene rings is 1. The van der Waals surface area contributed by atoms with E-state index in [9.17, 15) is 0 Å². The van der Waals surface area contributed by atoms with Crippen LogP contribution in [0.1, 0.15) is 30.9 Å². The maximum atomic E-state index is 5.50. The first-order valence-corrected chi connectivity index (χ1v) is 7.37. The summed E-state index contributed by atoms with van der Waals surface area (Å²) in [6, 6.07) is 6.49. The first-order chi connectivity index (χ1) is 9.71. The van der Waals surface area contributed by atoms with Crippen molar-refractivity contribution in [1.82, 2.24) is 10.2 Å². The van der Waals surface area contributed by atoms with Gasteiger partial charge < -0.3 is 15.0 Å². The molecule has 0 fully saturated rings. The van der Waals surface area contributed by atoms with Crippen molar-refractivity contribution in [2.45, 2.75) is 32.9 Å². The van der Waals surface area contributed by atoms with E-state index in [2.05, 4.69) is 49.0 Å². The van der Waals surface area contributed by atoms with Gasteiger partial charge in [0, 0.05) is 25.2 Å². The summed E-state index contributed by atoms with van der Waals surface area (Å²) in [6.45, 7) is 9.66. The molecule has 0 aliphatic rings. The summed E-state index contributed by atoms with van der Waals surface area (Å²) in [7, 11) is 3.90. The Balaban J connectivity index is 2.63. The topological polar surface area (TPSA) is 24.5 Å². The minimum atomic E-state index is 0.807. The van der Waals surface area contributed by atoms with Crippen LogP contribution in [0.2, 0.25) is 0 Å². The van der Waals surface area contributed by atoms with Crippen molar-refractivity contribution in [2.75, 3.05) is 27.2 Å². The maximum absolute atomic E-state index is 5.50. The first-order valence-electron chi connectivity index (χ1n) is 7.37. The van der Waals surface area contributed by atoms with E-state index in [1.165, 1.54) is 24.0 Å². The highest BCUT2D eigenvalue weighted by molar-refractivity contribution is 5.37. The predicted octanol–water partition coefficient (Wildman–Crippen LogP) is 3.20. The smallest absolute Gasteiger partial charge is 0.123 e. The Kier molecular flexibility index (Phi) is 8.00. The van der Waals surface area contributed by atoms with Gasteiger partial charge in [0.25, 0.3) is 0 Å². The lowest BCUT2D eigenvalue weighted by Gasteiger charge is -2.17. The molecule has 1 aromatic carbocycles. The Morgan fingerprint density at radius 2 is 2.20 bits per heavy atom. The summed E-state index contributed by atoms with van der Waals surface area (Å²) in [5, 5.41) is 3.31. The molecule has 1 aromatic rings. The third-order valence-corrected chi connectivity index (χ3v) is 3.30. The lowest BCUT2D eigenvalue weighted by Crippen LogP contribution is -2.19. The van der Waals surface area contributed by atoms with Gasteiger partial charge in [-0.1, -0.05) is 31.6 Å². The van der Waals surface area contributed by atoms with Gasteiger partial charge in [0.05, 0.1) is 7.11 Å². The Morgan fingerprint density at radius 3 is 2.85 bits per heavy atom. The number of nitrogens with one attached hydrogen (secondary N) is 1. The van der Waals surface area contributed by atoms with Gasteiger partial charge in [-0.3, -0.25) is 0 Å². The predicted molar refractivity (Wildman–Crippen MR) is 86.1 cm³/mol. The second-order valence-corrected chi connectivity index (χ2v) is 5.16. The summed E-state index contributed by atoms with van der Waals surface area (Å²) >= 11 is 0.